The Morgan fingerprint density at radius 1 is 1.57 bits per heavy atom. The molecule has 0 spiro atoms. The van der Waals surface area contributed by atoms with Crippen molar-refractivity contribution >= 4 is 5.91 Å². The van der Waals surface area contributed by atoms with Crippen molar-refractivity contribution < 1.29 is 9.28 Å². The number of nitrogens with one attached hydrogen (secondary N) is 1. The van der Waals surface area contributed by atoms with Crippen LogP contribution in [0.1, 0.15) is 18.1 Å². The van der Waals surface area contributed by atoms with E-state index in [-0.39, 0.29) is 5.92 Å². The highest BCUT2D eigenvalue weighted by Crippen LogP contribution is 2.10. The Labute approximate surface area is 83.1 Å². The molecular weight excluding hydrogens is 181 g/mol. The van der Waals surface area contributed by atoms with Crippen molar-refractivity contribution in [3.8, 4) is 0 Å². The lowest BCUT2D eigenvalue weighted by Gasteiger charge is -2.08. The first-order valence-electron chi connectivity index (χ1n) is 4.59. The number of carbonyl (C=O) groups is 1. The Morgan fingerprint density at radius 3 is 2.86 bits per heavy atom. The lowest BCUT2D eigenvalue weighted by Crippen LogP contribution is -2.23. The highest BCUT2D eigenvalue weighted by Gasteiger charge is 2.12. The van der Waals surface area contributed by atoms with Gasteiger partial charge in [0.25, 0.3) is 5.91 Å². The van der Waals surface area contributed by atoms with Crippen molar-refractivity contribution in [2.24, 2.45) is 5.92 Å². The highest BCUT2D eigenvalue weighted by atomic mass is 19.2. The highest BCUT2D eigenvalue weighted by molar-refractivity contribution is 5.77. The van der Waals surface area contributed by atoms with Gasteiger partial charge in [-0.05, 0) is 18.9 Å². The van der Waals surface area contributed by atoms with Gasteiger partial charge in [-0.2, -0.15) is 5.54 Å². The third-order valence-corrected chi connectivity index (χ3v) is 2.17. The first-order chi connectivity index (χ1) is 6.63. The molecule has 2 nitrogen and oxygen atoms in total. The van der Waals surface area contributed by atoms with Crippen LogP contribution in [0.15, 0.2) is 24.3 Å². The fourth-order valence-electron chi connectivity index (χ4n) is 1.38. The van der Waals surface area contributed by atoms with Gasteiger partial charge in [-0.15, -0.1) is 4.48 Å². The molecule has 0 saturated heterocycles. The Morgan fingerprint density at radius 2 is 2.29 bits per heavy atom. The summed E-state index contributed by atoms with van der Waals surface area (Å²) in [6.45, 7) is 3.70. The van der Waals surface area contributed by atoms with Crippen LogP contribution in [0.2, 0.25) is 0 Å². The van der Waals surface area contributed by atoms with Crippen molar-refractivity contribution in [1.82, 2.24) is 5.54 Å². The van der Waals surface area contributed by atoms with E-state index in [1.165, 1.54) is 0 Å². The molecule has 0 aliphatic rings. The maximum absolute atomic E-state index is 11.8. The van der Waals surface area contributed by atoms with Gasteiger partial charge < -0.3 is 0 Å². The van der Waals surface area contributed by atoms with E-state index < -0.39 is 5.91 Å². The minimum atomic E-state index is -0.563. The van der Waals surface area contributed by atoms with E-state index in [9.17, 15) is 9.28 Å². The normalized spacial score (nSPS) is 12.2. The van der Waals surface area contributed by atoms with Crippen molar-refractivity contribution in [3.05, 3.63) is 35.4 Å². The van der Waals surface area contributed by atoms with E-state index >= 15 is 0 Å². The molecule has 0 heterocycles. The molecule has 0 radical (unpaired) electrons. The van der Waals surface area contributed by atoms with Gasteiger partial charge in [0.2, 0.25) is 0 Å². The zero-order chi connectivity index (χ0) is 10.6. The van der Waals surface area contributed by atoms with E-state index in [1.54, 1.807) is 6.92 Å². The molecule has 0 unspecified atom stereocenters. The van der Waals surface area contributed by atoms with Gasteiger partial charge in [-0.3, -0.25) is 4.79 Å². The van der Waals surface area contributed by atoms with Crippen molar-refractivity contribution in [1.29, 1.82) is 0 Å². The van der Waals surface area contributed by atoms with E-state index in [1.807, 2.05) is 31.2 Å². The minimum Gasteiger partial charge on any atom is -0.272 e. The first kappa shape index (κ1) is 10.7. The quantitative estimate of drug-likeness (QED) is 0.736. The SMILES string of the molecule is Cc1cccc(C[C@H](C)C(=O)NF)c1. The second-order valence-electron chi connectivity index (χ2n) is 3.55. The van der Waals surface area contributed by atoms with Gasteiger partial charge in [-0.25, -0.2) is 0 Å². The molecule has 0 fully saturated rings. The van der Waals surface area contributed by atoms with Gasteiger partial charge in [0.05, 0.1) is 0 Å². The third kappa shape index (κ3) is 2.83. The van der Waals surface area contributed by atoms with Gasteiger partial charge in [0.1, 0.15) is 0 Å². The number of rotatable bonds is 3. The molecule has 1 rings (SSSR count). The van der Waals surface area contributed by atoms with Crippen molar-refractivity contribution in [2.45, 2.75) is 20.3 Å². The number of hydrogen-bond acceptors (Lipinski definition) is 1. The van der Waals surface area contributed by atoms with Crippen LogP contribution in [-0.2, 0) is 11.2 Å². The Kier molecular flexibility index (Phi) is 3.63. The first-order valence-corrected chi connectivity index (χ1v) is 4.59. The zero-order valence-corrected chi connectivity index (χ0v) is 8.38. The maximum Gasteiger partial charge on any atom is 0.250 e. The Balaban J connectivity index is 2.64. The second-order valence-corrected chi connectivity index (χ2v) is 3.55. The van der Waals surface area contributed by atoms with Gasteiger partial charge in [0.15, 0.2) is 0 Å². The fourth-order valence-corrected chi connectivity index (χ4v) is 1.38. The smallest absolute Gasteiger partial charge is 0.250 e. The predicted octanol–water partition coefficient (Wildman–Crippen LogP) is 2.17. The number of carbonyl (C=O) groups excluding carboxylic acids is 1. The Bertz CT molecular complexity index is 325. The topological polar surface area (TPSA) is 29.1 Å². The monoisotopic (exact) mass is 195 g/mol. The fraction of sp³-hybridized carbons (Fsp3) is 0.364. The molecule has 0 aromatic heterocycles. The van der Waals surface area contributed by atoms with Gasteiger partial charge in [-0.1, -0.05) is 36.8 Å². The molecule has 3 heteroatoms. The molecule has 1 atom stereocenters. The average Bonchev–Trinajstić information content (AvgIpc) is 2.16. The Hall–Kier alpha value is -1.38. The summed E-state index contributed by atoms with van der Waals surface area (Å²) in [4.78, 5) is 10.9. The molecule has 0 saturated carbocycles. The molecule has 1 aromatic carbocycles. The molecule has 1 aromatic rings. The number of benzene rings is 1. The summed E-state index contributed by atoms with van der Waals surface area (Å²) in [5, 5.41) is 0. The summed E-state index contributed by atoms with van der Waals surface area (Å²) in [5.74, 6) is -0.895. The molecule has 14 heavy (non-hydrogen) atoms. The van der Waals surface area contributed by atoms with Crippen LogP contribution < -0.4 is 5.54 Å². The largest absolute Gasteiger partial charge is 0.272 e. The van der Waals surface area contributed by atoms with Crippen molar-refractivity contribution in [2.75, 3.05) is 0 Å². The molecular formula is C11H14FNO. The van der Waals surface area contributed by atoms with E-state index in [0.29, 0.717) is 6.42 Å². The molecule has 0 aliphatic heterocycles. The van der Waals surface area contributed by atoms with E-state index in [4.69, 9.17) is 0 Å². The van der Waals surface area contributed by atoms with Crippen molar-refractivity contribution in [3.63, 3.8) is 0 Å². The number of aryl methyl sites for hydroxylation is 1. The third-order valence-electron chi connectivity index (χ3n) is 2.17. The number of hydrogen-bond donors (Lipinski definition) is 1. The molecule has 1 amide bonds. The standard InChI is InChI=1S/C11H14FNO/c1-8-4-3-5-10(6-8)7-9(2)11(14)13-12/h3-6,9H,7H2,1-2H3,(H,13,14)/t9-/m0/s1. The van der Waals surface area contributed by atoms with Crippen LogP contribution in [0.25, 0.3) is 0 Å². The van der Waals surface area contributed by atoms with Crippen LogP contribution in [0.4, 0.5) is 4.48 Å². The lowest BCUT2D eigenvalue weighted by atomic mass is 9.99. The summed E-state index contributed by atoms with van der Waals surface area (Å²) < 4.78 is 11.8. The van der Waals surface area contributed by atoms with Crippen LogP contribution in [0.3, 0.4) is 0 Å². The maximum atomic E-state index is 11.8. The summed E-state index contributed by atoms with van der Waals surface area (Å²) in [5.41, 5.74) is 3.37. The van der Waals surface area contributed by atoms with Crippen LogP contribution in [0, 0.1) is 12.8 Å². The lowest BCUT2D eigenvalue weighted by molar-refractivity contribution is -0.128. The van der Waals surface area contributed by atoms with Gasteiger partial charge in [0, 0.05) is 5.92 Å². The van der Waals surface area contributed by atoms with E-state index in [2.05, 4.69) is 0 Å². The summed E-state index contributed by atoms with van der Waals surface area (Å²) in [6.07, 6.45) is 0.567. The minimum absolute atomic E-state index is 0.332. The summed E-state index contributed by atoms with van der Waals surface area (Å²) in [7, 11) is 0. The molecule has 0 bridgehead atoms. The predicted molar refractivity (Wildman–Crippen MR) is 53.3 cm³/mol. The average molecular weight is 195 g/mol. The van der Waals surface area contributed by atoms with Crippen LogP contribution in [0.5, 0.6) is 0 Å². The van der Waals surface area contributed by atoms with Crippen LogP contribution in [-0.4, -0.2) is 5.91 Å². The zero-order valence-electron chi connectivity index (χ0n) is 8.38. The summed E-state index contributed by atoms with van der Waals surface area (Å²) in [6, 6.07) is 7.87. The van der Waals surface area contributed by atoms with Crippen LogP contribution >= 0.6 is 0 Å². The number of amides is 1. The number of halogens is 1. The second kappa shape index (κ2) is 4.74. The molecule has 1 N–H and O–H groups in total. The molecule has 0 aliphatic carbocycles. The van der Waals surface area contributed by atoms with Gasteiger partial charge >= 0.3 is 0 Å². The molecule has 76 valence electrons. The summed E-state index contributed by atoms with van der Waals surface area (Å²) >= 11 is 0. The van der Waals surface area contributed by atoms with E-state index in [0.717, 1.165) is 16.7 Å².